The number of thiazole rings is 1. The van der Waals surface area contributed by atoms with E-state index < -0.39 is 11.8 Å². The maximum Gasteiger partial charge on any atom is 0.338 e. The van der Waals surface area contributed by atoms with Crippen LogP contribution in [0, 0.1) is 17.7 Å². The first-order chi connectivity index (χ1) is 18.9. The fourth-order valence-electron chi connectivity index (χ4n) is 5.78. The van der Waals surface area contributed by atoms with Crippen LogP contribution >= 0.6 is 34.5 Å². The molecule has 2 aromatic carbocycles. The Morgan fingerprint density at radius 1 is 1.23 bits per heavy atom. The molecule has 1 saturated heterocycles. The minimum Gasteiger partial charge on any atom is -0.465 e. The lowest BCUT2D eigenvalue weighted by molar-refractivity contribution is -0.0747. The second-order valence-electron chi connectivity index (χ2n) is 10.5. The Hall–Kier alpha value is -2.72. The minimum absolute atomic E-state index is 0.0913. The van der Waals surface area contributed by atoms with Gasteiger partial charge in [0.25, 0.3) is 0 Å². The van der Waals surface area contributed by atoms with Crippen LogP contribution in [-0.2, 0) is 16.1 Å². The second kappa shape index (κ2) is 9.73. The molecule has 39 heavy (non-hydrogen) atoms. The van der Waals surface area contributed by atoms with Gasteiger partial charge in [0, 0.05) is 36.1 Å². The number of anilines is 1. The first-order valence-corrected chi connectivity index (χ1v) is 14.5. The quantitative estimate of drug-likeness (QED) is 0.213. The average Bonchev–Trinajstić information content (AvgIpc) is 3.38. The highest BCUT2D eigenvalue weighted by Gasteiger charge is 2.48. The number of hydrogen-bond donors (Lipinski definition) is 0. The van der Waals surface area contributed by atoms with E-state index in [9.17, 15) is 9.18 Å². The van der Waals surface area contributed by atoms with Crippen LogP contribution in [0.15, 0.2) is 34.9 Å². The second-order valence-corrected chi connectivity index (χ2v) is 12.3. The van der Waals surface area contributed by atoms with Crippen molar-refractivity contribution in [3.05, 3.63) is 63.1 Å². The predicted molar refractivity (Wildman–Crippen MR) is 147 cm³/mol. The number of fused-ring (bicyclic) bond motifs is 2. The minimum atomic E-state index is -0.567. The smallest absolute Gasteiger partial charge is 0.338 e. The van der Waals surface area contributed by atoms with Crippen LogP contribution < -0.4 is 4.90 Å². The molecule has 0 bridgehead atoms. The van der Waals surface area contributed by atoms with Gasteiger partial charge in [0.1, 0.15) is 17.0 Å². The Balaban J connectivity index is 1.07. The van der Waals surface area contributed by atoms with E-state index in [0.29, 0.717) is 50.4 Å². The van der Waals surface area contributed by atoms with Gasteiger partial charge in [-0.05, 0) is 49.4 Å². The molecule has 7 nitrogen and oxygen atoms in total. The van der Waals surface area contributed by atoms with Gasteiger partial charge >= 0.3 is 5.97 Å². The van der Waals surface area contributed by atoms with Gasteiger partial charge in [-0.2, -0.15) is 0 Å². The van der Waals surface area contributed by atoms with Crippen LogP contribution in [0.5, 0.6) is 0 Å². The van der Waals surface area contributed by atoms with Gasteiger partial charge in [-0.15, -0.1) is 0 Å². The molecule has 3 heterocycles. The SMILES string of the molecule is COC(=O)c1cc(F)c2nc(N3C[C@@H]4CC(OCc5c(-c6c(Cl)cccc6Cl)noc5C5CC5)[C@@H]4C3)sc2c1. The van der Waals surface area contributed by atoms with E-state index >= 15 is 0 Å². The summed E-state index contributed by atoms with van der Waals surface area (Å²) in [5.74, 6) is 0.981. The summed E-state index contributed by atoms with van der Waals surface area (Å²) in [6.07, 6.45) is 3.18. The average molecular weight is 588 g/mol. The maximum atomic E-state index is 14.7. The highest BCUT2D eigenvalue weighted by Crippen LogP contribution is 2.48. The van der Waals surface area contributed by atoms with Gasteiger partial charge in [-0.1, -0.05) is 45.8 Å². The summed E-state index contributed by atoms with van der Waals surface area (Å²) in [5, 5.41) is 6.17. The molecule has 3 fully saturated rings. The highest BCUT2D eigenvalue weighted by atomic mass is 35.5. The topological polar surface area (TPSA) is 77.7 Å². The molecular formula is C28H24Cl2FN3O4S. The molecule has 11 heteroatoms. The molecule has 1 unspecified atom stereocenters. The lowest BCUT2D eigenvalue weighted by atomic mass is 9.73. The zero-order valence-electron chi connectivity index (χ0n) is 21.0. The molecule has 0 N–H and O–H groups in total. The zero-order chi connectivity index (χ0) is 26.8. The predicted octanol–water partition coefficient (Wildman–Crippen LogP) is 7.10. The maximum absolute atomic E-state index is 14.7. The Labute approximate surface area is 237 Å². The number of hydrogen-bond acceptors (Lipinski definition) is 8. The number of esters is 1. The van der Waals surface area contributed by atoms with Gasteiger partial charge < -0.3 is 18.9 Å². The van der Waals surface area contributed by atoms with Crippen molar-refractivity contribution >= 4 is 55.9 Å². The number of halogens is 3. The molecule has 2 aromatic heterocycles. The Bertz CT molecular complexity index is 1580. The van der Waals surface area contributed by atoms with Crippen LogP contribution in [-0.4, -0.2) is 42.4 Å². The summed E-state index contributed by atoms with van der Waals surface area (Å²) < 4.78 is 32.3. The summed E-state index contributed by atoms with van der Waals surface area (Å²) in [7, 11) is 1.28. The first-order valence-electron chi connectivity index (χ1n) is 12.9. The van der Waals surface area contributed by atoms with Crippen LogP contribution in [0.3, 0.4) is 0 Å². The number of carbonyl (C=O) groups is 1. The molecule has 0 radical (unpaired) electrons. The third-order valence-corrected chi connectivity index (χ3v) is 9.73. The number of nitrogens with zero attached hydrogens (tertiary/aromatic N) is 3. The van der Waals surface area contributed by atoms with E-state index in [1.54, 1.807) is 18.2 Å². The van der Waals surface area contributed by atoms with Gasteiger partial charge in [0.2, 0.25) is 0 Å². The number of methoxy groups -OCH3 is 1. The monoisotopic (exact) mass is 587 g/mol. The molecule has 0 amide bonds. The fraction of sp³-hybridized carbons (Fsp3) is 0.393. The largest absolute Gasteiger partial charge is 0.465 e. The number of benzene rings is 2. The van der Waals surface area contributed by atoms with Gasteiger partial charge in [0.15, 0.2) is 10.9 Å². The summed E-state index contributed by atoms with van der Waals surface area (Å²) >= 11 is 14.4. The van der Waals surface area contributed by atoms with Crippen LogP contribution in [0.25, 0.3) is 21.5 Å². The zero-order valence-corrected chi connectivity index (χ0v) is 23.3. The van der Waals surface area contributed by atoms with Crippen molar-refractivity contribution in [1.29, 1.82) is 0 Å². The third-order valence-electron chi connectivity index (χ3n) is 8.04. The van der Waals surface area contributed by atoms with Crippen molar-refractivity contribution in [2.24, 2.45) is 11.8 Å². The third kappa shape index (κ3) is 4.40. The van der Waals surface area contributed by atoms with Crippen molar-refractivity contribution < 1.29 is 23.2 Å². The normalized spacial score (nSPS) is 22.3. The molecular weight excluding hydrogens is 564 g/mol. The molecule has 1 aliphatic heterocycles. The van der Waals surface area contributed by atoms with E-state index in [1.165, 1.54) is 24.5 Å². The molecule has 0 spiro atoms. The van der Waals surface area contributed by atoms with Crippen molar-refractivity contribution in [2.75, 3.05) is 25.1 Å². The van der Waals surface area contributed by atoms with Crippen molar-refractivity contribution in [2.45, 2.75) is 37.9 Å². The Morgan fingerprint density at radius 2 is 2.03 bits per heavy atom. The van der Waals surface area contributed by atoms with E-state index in [2.05, 4.69) is 15.0 Å². The Morgan fingerprint density at radius 3 is 2.77 bits per heavy atom. The summed E-state index contributed by atoms with van der Waals surface area (Å²) in [6, 6.07) is 8.23. The van der Waals surface area contributed by atoms with Gasteiger partial charge in [-0.3, -0.25) is 0 Å². The van der Waals surface area contributed by atoms with Crippen molar-refractivity contribution in [3.8, 4) is 11.3 Å². The van der Waals surface area contributed by atoms with E-state index in [0.717, 1.165) is 48.8 Å². The molecule has 202 valence electrons. The molecule has 2 aliphatic carbocycles. The molecule has 4 aromatic rings. The molecule has 3 atom stereocenters. The lowest BCUT2D eigenvalue weighted by Crippen LogP contribution is -2.42. The van der Waals surface area contributed by atoms with E-state index in [1.807, 2.05) is 6.07 Å². The van der Waals surface area contributed by atoms with Crippen LogP contribution in [0.1, 0.15) is 46.9 Å². The molecule has 2 saturated carbocycles. The fourth-order valence-corrected chi connectivity index (χ4v) is 7.39. The highest BCUT2D eigenvalue weighted by molar-refractivity contribution is 7.22. The van der Waals surface area contributed by atoms with Crippen molar-refractivity contribution in [1.82, 2.24) is 10.1 Å². The van der Waals surface area contributed by atoms with Crippen molar-refractivity contribution in [3.63, 3.8) is 0 Å². The van der Waals surface area contributed by atoms with E-state index in [4.69, 9.17) is 37.2 Å². The molecule has 3 aliphatic rings. The summed E-state index contributed by atoms with van der Waals surface area (Å²) in [6.45, 7) is 2.00. The standard InChI is InChI=1S/C28H24Cl2FN3O4S/c1-36-27(35)14-7-20(31)25-22(9-14)39-28(32-25)34-10-15-8-21(16(15)11-34)37-12-17-24(33-38-26(17)13-5-6-13)23-18(29)3-2-4-19(23)30/h2-4,7,9,13,15-16,21H,5-6,8,10-12H2,1H3/t15-,16+,21?/m0/s1. The van der Waals surface area contributed by atoms with E-state index in [-0.39, 0.29) is 17.2 Å². The summed E-state index contributed by atoms with van der Waals surface area (Å²) in [4.78, 5) is 18.7. The summed E-state index contributed by atoms with van der Waals surface area (Å²) in [5.41, 5.74) is 2.71. The number of aromatic nitrogens is 2. The number of ether oxygens (including phenoxy) is 2. The van der Waals surface area contributed by atoms with Crippen LogP contribution in [0.2, 0.25) is 10.0 Å². The lowest BCUT2D eigenvalue weighted by Gasteiger charge is -2.38. The number of rotatable bonds is 7. The van der Waals surface area contributed by atoms with Gasteiger partial charge in [-0.25, -0.2) is 14.2 Å². The van der Waals surface area contributed by atoms with Crippen LogP contribution in [0.4, 0.5) is 9.52 Å². The first kappa shape index (κ1) is 25.3. The van der Waals surface area contributed by atoms with Gasteiger partial charge in [0.05, 0.1) is 40.1 Å². The Kier molecular flexibility index (Phi) is 6.30. The number of carbonyl (C=O) groups excluding carboxylic acids is 1. The molecule has 7 rings (SSSR count).